The average Bonchev–Trinajstić information content (AvgIpc) is 2.21. The van der Waals surface area contributed by atoms with E-state index in [2.05, 4.69) is 30.9 Å². The van der Waals surface area contributed by atoms with Gasteiger partial charge in [-0.1, -0.05) is 15.9 Å². The summed E-state index contributed by atoms with van der Waals surface area (Å²) >= 11 is 3.19. The zero-order valence-corrected chi connectivity index (χ0v) is 10.1. The van der Waals surface area contributed by atoms with Crippen LogP contribution >= 0.6 is 15.9 Å². The topological polar surface area (TPSA) is 86.0 Å². The van der Waals surface area contributed by atoms with E-state index in [1.54, 1.807) is 12.1 Å². The van der Waals surface area contributed by atoms with Crippen molar-refractivity contribution in [1.82, 2.24) is 0 Å². The van der Waals surface area contributed by atoms with E-state index in [1.807, 2.05) is 0 Å². The molecule has 0 aliphatic heterocycles. The summed E-state index contributed by atoms with van der Waals surface area (Å²) in [4.78, 5) is 0. The largest absolute Gasteiger partial charge is 0.434 e. The van der Waals surface area contributed by atoms with Crippen molar-refractivity contribution in [2.24, 2.45) is 21.7 Å². The predicted octanol–water partition coefficient (Wildman–Crippen LogP) is 1.66. The predicted molar refractivity (Wildman–Crippen MR) is 64.2 cm³/mol. The quantitative estimate of drug-likeness (QED) is 0.504. The molecule has 1 aromatic rings. The van der Waals surface area contributed by atoms with Crippen molar-refractivity contribution in [3.05, 3.63) is 28.2 Å². The average molecular weight is 307 g/mol. The van der Waals surface area contributed by atoms with Gasteiger partial charge in [0.25, 0.3) is 0 Å². The zero-order valence-electron chi connectivity index (χ0n) is 8.48. The summed E-state index contributed by atoms with van der Waals surface area (Å²) in [6.45, 7) is -2.91. The number of halogens is 3. The zero-order chi connectivity index (χ0) is 12.8. The number of rotatable bonds is 4. The Balaban J connectivity index is 2.98. The molecule has 0 aliphatic rings. The lowest BCUT2D eigenvalue weighted by atomic mass is 10.2. The summed E-state index contributed by atoms with van der Waals surface area (Å²) in [6.07, 6.45) is 1.21. The highest BCUT2D eigenvalue weighted by Crippen LogP contribution is 2.23. The summed E-state index contributed by atoms with van der Waals surface area (Å²) < 4.78 is 29.2. The summed E-state index contributed by atoms with van der Waals surface area (Å²) in [7, 11) is 0. The van der Waals surface area contributed by atoms with Crippen LogP contribution in [-0.2, 0) is 0 Å². The lowest BCUT2D eigenvalue weighted by Crippen LogP contribution is -2.21. The van der Waals surface area contributed by atoms with Gasteiger partial charge in [-0.3, -0.25) is 0 Å². The molecule has 1 aromatic carbocycles. The fourth-order valence-electron chi connectivity index (χ4n) is 0.981. The van der Waals surface area contributed by atoms with Crippen LogP contribution in [0.3, 0.4) is 0 Å². The smallest absolute Gasteiger partial charge is 0.387 e. The summed E-state index contributed by atoms with van der Waals surface area (Å²) in [5.41, 5.74) is 10.4. The van der Waals surface area contributed by atoms with Gasteiger partial charge in [-0.15, -0.1) is 5.10 Å². The molecule has 0 heterocycles. The lowest BCUT2D eigenvalue weighted by Gasteiger charge is -2.07. The SMILES string of the molecule is NC(N)=NN=Cc1cc(Br)ccc1OC(F)F. The first-order chi connectivity index (χ1) is 7.99. The van der Waals surface area contributed by atoms with Crippen LogP contribution in [0.25, 0.3) is 0 Å². The minimum Gasteiger partial charge on any atom is -0.434 e. The van der Waals surface area contributed by atoms with Crippen molar-refractivity contribution in [2.75, 3.05) is 0 Å². The van der Waals surface area contributed by atoms with E-state index in [0.717, 1.165) is 0 Å². The van der Waals surface area contributed by atoms with Gasteiger partial charge in [-0.05, 0) is 18.2 Å². The van der Waals surface area contributed by atoms with Gasteiger partial charge in [0.2, 0.25) is 5.96 Å². The second kappa shape index (κ2) is 6.14. The molecule has 0 saturated carbocycles. The third kappa shape index (κ3) is 4.77. The van der Waals surface area contributed by atoms with Gasteiger partial charge < -0.3 is 16.2 Å². The van der Waals surface area contributed by atoms with Crippen molar-refractivity contribution in [3.8, 4) is 5.75 Å². The molecular formula is C9H9BrF2N4O. The number of benzene rings is 1. The number of guanidine groups is 1. The number of hydrogen-bond donors (Lipinski definition) is 2. The van der Waals surface area contributed by atoms with Gasteiger partial charge in [0.15, 0.2) is 0 Å². The Kier molecular flexibility index (Phi) is 4.83. The number of nitrogens with two attached hydrogens (primary N) is 2. The van der Waals surface area contributed by atoms with Crippen LogP contribution in [-0.4, -0.2) is 18.8 Å². The van der Waals surface area contributed by atoms with Gasteiger partial charge >= 0.3 is 6.61 Å². The number of nitrogens with zero attached hydrogens (tertiary/aromatic N) is 2. The molecule has 4 N–H and O–H groups in total. The Labute approximate surface area is 104 Å². The molecule has 0 unspecified atom stereocenters. The summed E-state index contributed by atoms with van der Waals surface area (Å²) in [6, 6.07) is 4.49. The summed E-state index contributed by atoms with van der Waals surface area (Å²) in [5, 5.41) is 6.87. The minimum atomic E-state index is -2.91. The van der Waals surface area contributed by atoms with E-state index in [4.69, 9.17) is 11.5 Å². The first kappa shape index (κ1) is 13.4. The third-order valence-corrected chi connectivity index (χ3v) is 2.05. The number of alkyl halides is 2. The molecule has 0 spiro atoms. The van der Waals surface area contributed by atoms with Crippen LogP contribution in [0, 0.1) is 0 Å². The number of ether oxygens (including phenoxy) is 1. The Bertz CT molecular complexity index is 447. The van der Waals surface area contributed by atoms with Crippen LogP contribution in [0.15, 0.2) is 32.9 Å². The van der Waals surface area contributed by atoms with E-state index < -0.39 is 6.61 Å². The molecule has 0 amide bonds. The molecule has 0 bridgehead atoms. The van der Waals surface area contributed by atoms with Crippen LogP contribution in [0.1, 0.15) is 5.56 Å². The molecular weight excluding hydrogens is 298 g/mol. The Hall–Kier alpha value is -1.70. The fourth-order valence-corrected chi connectivity index (χ4v) is 1.36. The van der Waals surface area contributed by atoms with Crippen LogP contribution < -0.4 is 16.2 Å². The molecule has 0 fully saturated rings. The van der Waals surface area contributed by atoms with E-state index in [-0.39, 0.29) is 11.7 Å². The normalized spacial score (nSPS) is 10.8. The van der Waals surface area contributed by atoms with E-state index >= 15 is 0 Å². The third-order valence-electron chi connectivity index (χ3n) is 1.56. The Morgan fingerprint density at radius 2 is 2.12 bits per heavy atom. The maximum Gasteiger partial charge on any atom is 0.387 e. The maximum atomic E-state index is 12.1. The lowest BCUT2D eigenvalue weighted by molar-refractivity contribution is -0.0499. The van der Waals surface area contributed by atoms with Gasteiger partial charge in [-0.25, -0.2) is 0 Å². The molecule has 92 valence electrons. The highest BCUT2D eigenvalue weighted by molar-refractivity contribution is 9.10. The highest BCUT2D eigenvalue weighted by Gasteiger charge is 2.08. The molecule has 0 atom stereocenters. The van der Waals surface area contributed by atoms with Gasteiger partial charge in [0.05, 0.1) is 6.21 Å². The van der Waals surface area contributed by atoms with Gasteiger partial charge in [-0.2, -0.15) is 13.9 Å². The second-order valence-corrected chi connectivity index (χ2v) is 3.75. The van der Waals surface area contributed by atoms with Crippen molar-refractivity contribution in [3.63, 3.8) is 0 Å². The molecule has 17 heavy (non-hydrogen) atoms. The van der Waals surface area contributed by atoms with E-state index in [9.17, 15) is 8.78 Å². The Morgan fingerprint density at radius 3 is 2.71 bits per heavy atom. The second-order valence-electron chi connectivity index (χ2n) is 2.83. The van der Waals surface area contributed by atoms with Crippen molar-refractivity contribution in [1.29, 1.82) is 0 Å². The first-order valence-electron chi connectivity index (χ1n) is 4.35. The van der Waals surface area contributed by atoms with Crippen molar-refractivity contribution >= 4 is 28.1 Å². The minimum absolute atomic E-state index is 0.0160. The van der Waals surface area contributed by atoms with Crippen molar-refractivity contribution in [2.45, 2.75) is 6.61 Å². The van der Waals surface area contributed by atoms with Crippen LogP contribution in [0.2, 0.25) is 0 Å². The molecule has 0 aliphatic carbocycles. The van der Waals surface area contributed by atoms with Crippen molar-refractivity contribution < 1.29 is 13.5 Å². The molecule has 0 saturated heterocycles. The van der Waals surface area contributed by atoms with Crippen LogP contribution in [0.5, 0.6) is 5.75 Å². The monoisotopic (exact) mass is 306 g/mol. The fraction of sp³-hybridized carbons (Fsp3) is 0.111. The van der Waals surface area contributed by atoms with Crippen LogP contribution in [0.4, 0.5) is 8.78 Å². The Morgan fingerprint density at radius 1 is 1.41 bits per heavy atom. The maximum absolute atomic E-state index is 12.1. The van der Waals surface area contributed by atoms with E-state index in [0.29, 0.717) is 10.0 Å². The van der Waals surface area contributed by atoms with Gasteiger partial charge in [0, 0.05) is 10.0 Å². The van der Waals surface area contributed by atoms with Gasteiger partial charge in [0.1, 0.15) is 5.75 Å². The summed E-state index contributed by atoms with van der Waals surface area (Å²) in [5.74, 6) is -0.245. The number of hydrogen-bond acceptors (Lipinski definition) is 3. The highest BCUT2D eigenvalue weighted by atomic mass is 79.9. The molecule has 0 aromatic heterocycles. The molecule has 8 heteroatoms. The molecule has 5 nitrogen and oxygen atoms in total. The molecule has 1 rings (SSSR count). The standard InChI is InChI=1S/C9H9BrF2N4O/c10-6-1-2-7(17-8(11)12)5(3-6)4-15-16-9(13)14/h1-4,8H,(H4,13,14,16). The van der Waals surface area contributed by atoms with E-state index in [1.165, 1.54) is 12.3 Å². The molecule has 0 radical (unpaired) electrons. The first-order valence-corrected chi connectivity index (χ1v) is 5.14.